The molecule has 1 aliphatic rings. The number of carbonyl (C=O) groups excluding carboxylic acids is 2. The van der Waals surface area contributed by atoms with Gasteiger partial charge < -0.3 is 15.3 Å². The zero-order valence-corrected chi connectivity index (χ0v) is 10.1. The molecule has 0 unspecified atom stereocenters. The molecule has 1 rings (SSSR count). The van der Waals surface area contributed by atoms with Crippen LogP contribution in [-0.4, -0.2) is 46.9 Å². The van der Waals surface area contributed by atoms with E-state index in [1.807, 2.05) is 12.2 Å². The summed E-state index contributed by atoms with van der Waals surface area (Å²) in [6.07, 6.45) is 0.420. The number of Topliss-reactive ketones (excluding diaryl/α,β-unsaturated/α-hetero) is 1. The monoisotopic (exact) mass is 242 g/mol. The average Bonchev–Trinajstić information content (AvgIpc) is 2.69. The van der Waals surface area contributed by atoms with Crippen molar-refractivity contribution in [2.24, 2.45) is 5.92 Å². The Morgan fingerprint density at radius 3 is 2.53 bits per heavy atom. The van der Waals surface area contributed by atoms with Crippen molar-refractivity contribution in [2.75, 3.05) is 13.1 Å². The van der Waals surface area contributed by atoms with E-state index in [1.165, 1.54) is 11.8 Å². The zero-order chi connectivity index (χ0) is 13.0. The second kappa shape index (κ2) is 5.65. The second-order valence-corrected chi connectivity index (χ2v) is 4.26. The van der Waals surface area contributed by atoms with Gasteiger partial charge in [-0.25, -0.2) is 4.79 Å². The maximum Gasteiger partial charge on any atom is 0.405 e. The van der Waals surface area contributed by atoms with E-state index in [9.17, 15) is 14.4 Å². The standard InChI is InChI=1S/C11H18N2O4/c1-3-8-4-5-13(10(8)7(2)14)9(15)6-12-11(16)17/h8,10,12H,3-6H2,1-2H3,(H,16,17)/t8-,10-/m1/s1. The molecule has 0 bridgehead atoms. The first-order valence-corrected chi connectivity index (χ1v) is 5.74. The van der Waals surface area contributed by atoms with Gasteiger partial charge in [-0.15, -0.1) is 0 Å². The molecule has 2 amide bonds. The summed E-state index contributed by atoms with van der Waals surface area (Å²) in [4.78, 5) is 35.1. The molecule has 0 aliphatic carbocycles. The molecule has 6 heteroatoms. The molecular formula is C11H18N2O4. The molecule has 0 aromatic heterocycles. The van der Waals surface area contributed by atoms with Crippen molar-refractivity contribution >= 4 is 17.8 Å². The number of amides is 2. The van der Waals surface area contributed by atoms with Gasteiger partial charge in [0, 0.05) is 6.54 Å². The normalized spacial score (nSPS) is 23.5. The molecule has 1 fully saturated rings. The van der Waals surface area contributed by atoms with E-state index in [1.54, 1.807) is 0 Å². The minimum absolute atomic E-state index is 0.0296. The van der Waals surface area contributed by atoms with Gasteiger partial charge in [-0.05, 0) is 19.3 Å². The lowest BCUT2D eigenvalue weighted by Crippen LogP contribution is -2.46. The Labute approximate surface area is 100.0 Å². The van der Waals surface area contributed by atoms with Crippen LogP contribution in [0.4, 0.5) is 4.79 Å². The highest BCUT2D eigenvalue weighted by Gasteiger charge is 2.38. The fraction of sp³-hybridized carbons (Fsp3) is 0.727. The lowest BCUT2D eigenvalue weighted by molar-refractivity contribution is -0.137. The molecule has 0 saturated carbocycles. The second-order valence-electron chi connectivity index (χ2n) is 4.26. The predicted molar refractivity (Wildman–Crippen MR) is 60.6 cm³/mol. The molecule has 1 aliphatic heterocycles. The van der Waals surface area contributed by atoms with Crippen molar-refractivity contribution in [3.63, 3.8) is 0 Å². The number of likely N-dealkylation sites (tertiary alicyclic amines) is 1. The van der Waals surface area contributed by atoms with Crippen LogP contribution in [0.15, 0.2) is 0 Å². The van der Waals surface area contributed by atoms with E-state index in [4.69, 9.17) is 5.11 Å². The molecule has 17 heavy (non-hydrogen) atoms. The van der Waals surface area contributed by atoms with Gasteiger partial charge in [-0.2, -0.15) is 0 Å². The molecule has 0 spiro atoms. The number of hydrogen-bond acceptors (Lipinski definition) is 3. The third-order valence-corrected chi connectivity index (χ3v) is 3.18. The SMILES string of the molecule is CC[C@@H]1CCN(C(=O)CNC(=O)O)[C@@H]1C(C)=O. The number of ketones is 1. The fourth-order valence-electron chi connectivity index (χ4n) is 2.37. The third kappa shape index (κ3) is 3.18. The molecule has 6 nitrogen and oxygen atoms in total. The van der Waals surface area contributed by atoms with Crippen LogP contribution in [0.1, 0.15) is 26.7 Å². The fourth-order valence-corrected chi connectivity index (χ4v) is 2.37. The maximum absolute atomic E-state index is 11.8. The van der Waals surface area contributed by atoms with Crippen LogP contribution < -0.4 is 5.32 Å². The van der Waals surface area contributed by atoms with Gasteiger partial charge >= 0.3 is 6.09 Å². The van der Waals surface area contributed by atoms with Gasteiger partial charge in [-0.1, -0.05) is 13.3 Å². The van der Waals surface area contributed by atoms with E-state index in [-0.39, 0.29) is 30.2 Å². The first-order chi connectivity index (χ1) is 7.97. The quantitative estimate of drug-likeness (QED) is 0.750. The molecule has 2 N–H and O–H groups in total. The topological polar surface area (TPSA) is 86.7 Å². The van der Waals surface area contributed by atoms with Crippen LogP contribution in [0.5, 0.6) is 0 Å². The Bertz CT molecular complexity index is 329. The number of nitrogens with one attached hydrogen (secondary N) is 1. The van der Waals surface area contributed by atoms with Crippen LogP contribution in [0.2, 0.25) is 0 Å². The number of hydrogen-bond donors (Lipinski definition) is 2. The average molecular weight is 242 g/mol. The Balaban J connectivity index is 2.66. The Kier molecular flexibility index (Phi) is 4.48. The maximum atomic E-state index is 11.8. The number of nitrogens with zero attached hydrogens (tertiary/aromatic N) is 1. The molecule has 0 aromatic rings. The lowest BCUT2D eigenvalue weighted by Gasteiger charge is -2.25. The van der Waals surface area contributed by atoms with Crippen LogP contribution in [-0.2, 0) is 9.59 Å². The minimum atomic E-state index is -1.23. The summed E-state index contributed by atoms with van der Waals surface area (Å²) < 4.78 is 0. The summed E-state index contributed by atoms with van der Waals surface area (Å²) in [5, 5.41) is 10.5. The predicted octanol–water partition coefficient (Wildman–Crippen LogP) is 0.470. The van der Waals surface area contributed by atoms with Gasteiger partial charge in [0.15, 0.2) is 5.78 Å². The number of carbonyl (C=O) groups is 3. The molecule has 0 radical (unpaired) electrons. The third-order valence-electron chi connectivity index (χ3n) is 3.18. The highest BCUT2D eigenvalue weighted by Crippen LogP contribution is 2.27. The Morgan fingerprint density at radius 2 is 2.06 bits per heavy atom. The highest BCUT2D eigenvalue weighted by atomic mass is 16.4. The number of rotatable bonds is 4. The van der Waals surface area contributed by atoms with E-state index in [0.717, 1.165) is 12.8 Å². The van der Waals surface area contributed by atoms with Gasteiger partial charge in [0.2, 0.25) is 5.91 Å². The van der Waals surface area contributed by atoms with Gasteiger partial charge in [0.1, 0.15) is 6.54 Å². The van der Waals surface area contributed by atoms with E-state index in [2.05, 4.69) is 0 Å². The van der Waals surface area contributed by atoms with Crippen LogP contribution >= 0.6 is 0 Å². The summed E-state index contributed by atoms with van der Waals surface area (Å²) in [6, 6.07) is -0.386. The molecule has 2 atom stereocenters. The molecule has 1 saturated heterocycles. The summed E-state index contributed by atoms with van der Waals surface area (Å²) in [5.41, 5.74) is 0. The Hall–Kier alpha value is -1.59. The van der Waals surface area contributed by atoms with Crippen molar-refractivity contribution < 1.29 is 19.5 Å². The molecule has 96 valence electrons. The van der Waals surface area contributed by atoms with Crippen molar-refractivity contribution in [2.45, 2.75) is 32.7 Å². The van der Waals surface area contributed by atoms with Gasteiger partial charge in [0.05, 0.1) is 6.04 Å². The van der Waals surface area contributed by atoms with E-state index < -0.39 is 6.09 Å². The van der Waals surface area contributed by atoms with E-state index >= 15 is 0 Å². The van der Waals surface area contributed by atoms with Gasteiger partial charge in [0.25, 0.3) is 0 Å². The van der Waals surface area contributed by atoms with Crippen molar-refractivity contribution in [3.8, 4) is 0 Å². The zero-order valence-electron chi connectivity index (χ0n) is 10.1. The van der Waals surface area contributed by atoms with E-state index in [0.29, 0.717) is 6.54 Å². The Morgan fingerprint density at radius 1 is 1.41 bits per heavy atom. The van der Waals surface area contributed by atoms with Crippen LogP contribution in [0.3, 0.4) is 0 Å². The van der Waals surface area contributed by atoms with Crippen LogP contribution in [0.25, 0.3) is 0 Å². The summed E-state index contributed by atoms with van der Waals surface area (Å²) >= 11 is 0. The van der Waals surface area contributed by atoms with Gasteiger partial charge in [-0.3, -0.25) is 9.59 Å². The summed E-state index contributed by atoms with van der Waals surface area (Å²) in [5.74, 6) is -0.164. The molecule has 1 heterocycles. The summed E-state index contributed by atoms with van der Waals surface area (Å²) in [7, 11) is 0. The number of carboxylic acid groups (broad SMARTS) is 1. The highest BCUT2D eigenvalue weighted by molar-refractivity contribution is 5.90. The first-order valence-electron chi connectivity index (χ1n) is 5.74. The van der Waals surface area contributed by atoms with Crippen molar-refractivity contribution in [1.82, 2.24) is 10.2 Å². The largest absolute Gasteiger partial charge is 0.465 e. The smallest absolute Gasteiger partial charge is 0.405 e. The molecule has 0 aromatic carbocycles. The molecular weight excluding hydrogens is 224 g/mol. The minimum Gasteiger partial charge on any atom is -0.465 e. The van der Waals surface area contributed by atoms with Crippen LogP contribution in [0, 0.1) is 5.92 Å². The summed E-state index contributed by atoms with van der Waals surface area (Å²) in [6.45, 7) is 3.73. The van der Waals surface area contributed by atoms with Crippen molar-refractivity contribution in [3.05, 3.63) is 0 Å². The van der Waals surface area contributed by atoms with Crippen molar-refractivity contribution in [1.29, 1.82) is 0 Å². The lowest BCUT2D eigenvalue weighted by atomic mass is 9.95. The first kappa shape index (κ1) is 13.5.